The fourth-order valence-electron chi connectivity index (χ4n) is 1.88. The van der Waals surface area contributed by atoms with Crippen molar-refractivity contribution in [3.63, 3.8) is 0 Å². The predicted molar refractivity (Wildman–Crippen MR) is 60.0 cm³/mol. The zero-order valence-electron chi connectivity index (χ0n) is 9.19. The second-order valence-corrected chi connectivity index (χ2v) is 4.39. The summed E-state index contributed by atoms with van der Waals surface area (Å²) in [6, 6.07) is 6.22. The maximum Gasteiger partial charge on any atom is 1.00 e. The number of benzene rings is 1. The Balaban J connectivity index is 0.000000963. The monoisotopic (exact) mass is 226 g/mol. The van der Waals surface area contributed by atoms with E-state index in [-0.39, 0.29) is 25.0 Å². The zero-order chi connectivity index (χ0) is 10.1. The SMILES string of the molecule is [Li+].[c-]1nc2c(C3CNCCO3)cccc2s1. The van der Waals surface area contributed by atoms with Gasteiger partial charge >= 0.3 is 18.9 Å². The molecule has 0 bridgehead atoms. The van der Waals surface area contributed by atoms with Crippen molar-refractivity contribution in [3.05, 3.63) is 29.3 Å². The molecule has 0 spiro atoms. The molecule has 1 unspecified atom stereocenters. The van der Waals surface area contributed by atoms with E-state index in [1.54, 1.807) is 11.3 Å². The van der Waals surface area contributed by atoms with E-state index in [0.29, 0.717) is 0 Å². The first-order valence-corrected chi connectivity index (χ1v) is 5.84. The number of hydrogen-bond acceptors (Lipinski definition) is 4. The molecule has 5 heteroatoms. The van der Waals surface area contributed by atoms with Gasteiger partial charge in [0.15, 0.2) is 0 Å². The first-order chi connectivity index (χ1) is 7.45. The third kappa shape index (κ3) is 2.17. The number of para-hydroxylation sites is 1. The Morgan fingerprint density at radius 3 is 3.25 bits per heavy atom. The molecule has 1 aromatic carbocycles. The summed E-state index contributed by atoms with van der Waals surface area (Å²) in [7, 11) is 0. The molecule has 3 nitrogen and oxygen atoms in total. The van der Waals surface area contributed by atoms with Gasteiger partial charge in [-0.2, -0.15) is 0 Å². The number of nitrogens with one attached hydrogen (secondary N) is 1. The first kappa shape index (κ1) is 12.1. The number of morpholine rings is 1. The number of aromatic nitrogens is 1. The maximum absolute atomic E-state index is 5.73. The molecule has 16 heavy (non-hydrogen) atoms. The quantitative estimate of drug-likeness (QED) is 0.488. The van der Waals surface area contributed by atoms with E-state index in [2.05, 4.69) is 34.0 Å². The van der Waals surface area contributed by atoms with E-state index < -0.39 is 0 Å². The second kappa shape index (κ2) is 5.31. The number of ether oxygens (including phenoxy) is 1. The number of fused-ring (bicyclic) bond motifs is 1. The van der Waals surface area contributed by atoms with Crippen LogP contribution in [0.15, 0.2) is 18.2 Å². The van der Waals surface area contributed by atoms with Crippen molar-refractivity contribution in [1.29, 1.82) is 0 Å². The standard InChI is InChI=1S/C11H11N2OS.Li/c1-2-8(9-6-12-4-5-14-9)11-10(3-1)15-7-13-11;/h1-3,9,12H,4-6H2;/q-1;+1. The molecule has 0 amide bonds. The Labute approximate surface area is 110 Å². The minimum absolute atomic E-state index is 0. The van der Waals surface area contributed by atoms with Crippen molar-refractivity contribution in [3.8, 4) is 0 Å². The molecule has 0 saturated carbocycles. The number of rotatable bonds is 1. The number of hydrogen-bond donors (Lipinski definition) is 1. The Morgan fingerprint density at radius 2 is 2.44 bits per heavy atom. The molecule has 1 fully saturated rings. The summed E-state index contributed by atoms with van der Waals surface area (Å²) in [4.78, 5) is 4.28. The van der Waals surface area contributed by atoms with Crippen molar-refractivity contribution in [2.24, 2.45) is 0 Å². The molecule has 1 aliphatic heterocycles. The predicted octanol–water partition coefficient (Wildman–Crippen LogP) is -1.24. The average Bonchev–Trinajstić information content (AvgIpc) is 2.78. The molecule has 1 N–H and O–H groups in total. The Kier molecular flexibility index (Phi) is 4.01. The molecule has 0 aliphatic carbocycles. The molecule has 1 atom stereocenters. The van der Waals surface area contributed by atoms with Gasteiger partial charge in [0, 0.05) is 13.1 Å². The van der Waals surface area contributed by atoms with Gasteiger partial charge in [-0.15, -0.1) is 6.07 Å². The van der Waals surface area contributed by atoms with Gasteiger partial charge in [-0.3, -0.25) is 11.3 Å². The van der Waals surface area contributed by atoms with Crippen LogP contribution in [0.25, 0.3) is 10.2 Å². The van der Waals surface area contributed by atoms with Gasteiger partial charge < -0.3 is 15.0 Å². The third-order valence-electron chi connectivity index (χ3n) is 2.62. The van der Waals surface area contributed by atoms with E-state index in [1.165, 1.54) is 10.3 Å². The van der Waals surface area contributed by atoms with Gasteiger partial charge in [0.1, 0.15) is 0 Å². The number of thiazole rings is 1. The van der Waals surface area contributed by atoms with Crippen LogP contribution in [0.1, 0.15) is 11.7 Å². The van der Waals surface area contributed by atoms with Crippen LogP contribution in [0.3, 0.4) is 0 Å². The van der Waals surface area contributed by atoms with E-state index in [0.717, 1.165) is 25.2 Å². The molecule has 1 aliphatic rings. The number of nitrogens with zero attached hydrogens (tertiary/aromatic N) is 1. The fourth-order valence-corrected chi connectivity index (χ4v) is 2.53. The van der Waals surface area contributed by atoms with E-state index >= 15 is 0 Å². The van der Waals surface area contributed by atoms with Crippen molar-refractivity contribution in [2.45, 2.75) is 6.10 Å². The summed E-state index contributed by atoms with van der Waals surface area (Å²) in [5, 5.41) is 3.33. The molecule has 2 heterocycles. The smallest absolute Gasteiger partial charge is 0.386 e. The van der Waals surface area contributed by atoms with Crippen LogP contribution in [0, 0.1) is 5.51 Å². The molecule has 1 saturated heterocycles. The average molecular weight is 226 g/mol. The Bertz CT molecular complexity index is 468. The van der Waals surface area contributed by atoms with E-state index in [1.807, 2.05) is 0 Å². The van der Waals surface area contributed by atoms with Gasteiger partial charge in [0.25, 0.3) is 0 Å². The third-order valence-corrected chi connectivity index (χ3v) is 3.35. The van der Waals surface area contributed by atoms with E-state index in [9.17, 15) is 0 Å². The molecule has 3 rings (SSSR count). The van der Waals surface area contributed by atoms with Crippen LogP contribution >= 0.6 is 11.3 Å². The second-order valence-electron chi connectivity index (χ2n) is 3.56. The minimum atomic E-state index is 0. The van der Waals surface area contributed by atoms with Crippen LogP contribution in [-0.2, 0) is 4.74 Å². The van der Waals surface area contributed by atoms with Crippen LogP contribution in [0.5, 0.6) is 0 Å². The summed E-state index contributed by atoms with van der Waals surface area (Å²) in [6.07, 6.45) is 0.137. The van der Waals surface area contributed by atoms with E-state index in [4.69, 9.17) is 4.74 Å². The molecule has 0 radical (unpaired) electrons. The van der Waals surface area contributed by atoms with Crippen LogP contribution < -0.4 is 24.2 Å². The molecular formula is C11H11LiN2OS. The maximum atomic E-state index is 5.73. The van der Waals surface area contributed by atoms with Gasteiger partial charge in [-0.25, -0.2) is 0 Å². The zero-order valence-corrected chi connectivity index (χ0v) is 10.0. The van der Waals surface area contributed by atoms with Gasteiger partial charge in [0.2, 0.25) is 0 Å². The topological polar surface area (TPSA) is 34.2 Å². The van der Waals surface area contributed by atoms with Gasteiger partial charge in [-0.1, -0.05) is 27.9 Å². The summed E-state index contributed by atoms with van der Waals surface area (Å²) in [5.41, 5.74) is 5.15. The van der Waals surface area contributed by atoms with Gasteiger partial charge in [0.05, 0.1) is 12.7 Å². The molecule has 1 aromatic heterocycles. The molecule has 2 aromatic rings. The van der Waals surface area contributed by atoms with Crippen molar-refractivity contribution >= 4 is 21.6 Å². The first-order valence-electron chi connectivity index (χ1n) is 5.03. The van der Waals surface area contributed by atoms with Crippen molar-refractivity contribution in [1.82, 2.24) is 10.3 Å². The normalized spacial score (nSPS) is 20.6. The Hall–Kier alpha value is -0.373. The van der Waals surface area contributed by atoms with Crippen LogP contribution in [-0.4, -0.2) is 24.7 Å². The Morgan fingerprint density at radius 1 is 1.50 bits per heavy atom. The molecule has 78 valence electrons. The van der Waals surface area contributed by atoms with Crippen LogP contribution in [0.2, 0.25) is 0 Å². The summed E-state index contributed by atoms with van der Waals surface area (Å²) >= 11 is 1.55. The van der Waals surface area contributed by atoms with Crippen molar-refractivity contribution < 1.29 is 23.6 Å². The summed E-state index contributed by atoms with van der Waals surface area (Å²) in [5.74, 6) is 0. The van der Waals surface area contributed by atoms with Crippen LogP contribution in [0.4, 0.5) is 0 Å². The largest absolute Gasteiger partial charge is 1.00 e. The van der Waals surface area contributed by atoms with Gasteiger partial charge in [-0.05, 0) is 5.51 Å². The fraction of sp³-hybridized carbons (Fsp3) is 0.364. The summed E-state index contributed by atoms with van der Waals surface area (Å²) < 4.78 is 6.91. The minimum Gasteiger partial charge on any atom is -0.386 e. The molecular weight excluding hydrogens is 215 g/mol. The van der Waals surface area contributed by atoms with Crippen molar-refractivity contribution in [2.75, 3.05) is 19.7 Å². The summed E-state index contributed by atoms with van der Waals surface area (Å²) in [6.45, 7) is 2.58.